The number of ether oxygens (including phenoxy) is 1. The zero-order valence-electron chi connectivity index (χ0n) is 8.59. The highest BCUT2D eigenvalue weighted by molar-refractivity contribution is 6.17. The highest BCUT2D eigenvalue weighted by Gasteiger charge is 2.34. The van der Waals surface area contributed by atoms with Gasteiger partial charge in [0.25, 0.3) is 5.95 Å². The molecule has 18 heavy (non-hydrogen) atoms. The number of aromatic nitrogens is 1. The van der Waals surface area contributed by atoms with Crippen molar-refractivity contribution in [3.63, 3.8) is 0 Å². The molecule has 4 nitrogen and oxygen atoms in total. The summed E-state index contributed by atoms with van der Waals surface area (Å²) in [5.41, 5.74) is -0.526. The van der Waals surface area contributed by atoms with Gasteiger partial charge >= 0.3 is 12.3 Å². The molecule has 0 atom stereocenters. The molecule has 1 heterocycles. The predicted molar refractivity (Wildman–Crippen MR) is 51.8 cm³/mol. The van der Waals surface area contributed by atoms with E-state index in [1.54, 1.807) is 0 Å². The van der Waals surface area contributed by atoms with E-state index in [9.17, 15) is 22.4 Å². The predicted octanol–water partition coefficient (Wildman–Crippen LogP) is 2.49. The molecule has 9 heteroatoms. The lowest BCUT2D eigenvalue weighted by Gasteiger charge is -2.14. The summed E-state index contributed by atoms with van der Waals surface area (Å²) < 4.78 is 52.8. The maximum atomic E-state index is 13.1. The number of pyridine rings is 1. The maximum absolute atomic E-state index is 13.1. The van der Waals surface area contributed by atoms with E-state index in [0.717, 1.165) is 6.20 Å². The first-order chi connectivity index (χ1) is 8.24. The Morgan fingerprint density at radius 1 is 1.50 bits per heavy atom. The van der Waals surface area contributed by atoms with Crippen LogP contribution in [-0.2, 0) is 17.1 Å². The molecule has 100 valence electrons. The third-order valence-electron chi connectivity index (χ3n) is 1.88. The van der Waals surface area contributed by atoms with E-state index in [4.69, 9.17) is 16.7 Å². The molecular formula is C9H6ClF4NO3. The Kier molecular flexibility index (Phi) is 4.33. The molecule has 1 rings (SSSR count). The largest absolute Gasteiger partial charge is 0.573 e. The van der Waals surface area contributed by atoms with Gasteiger partial charge in [-0.2, -0.15) is 4.39 Å². The van der Waals surface area contributed by atoms with Crippen molar-refractivity contribution in [2.24, 2.45) is 0 Å². The van der Waals surface area contributed by atoms with Crippen molar-refractivity contribution in [2.45, 2.75) is 18.7 Å². The quantitative estimate of drug-likeness (QED) is 0.525. The molecule has 0 fully saturated rings. The molecule has 0 aliphatic rings. The van der Waals surface area contributed by atoms with Crippen LogP contribution >= 0.6 is 11.6 Å². The zero-order valence-corrected chi connectivity index (χ0v) is 9.35. The van der Waals surface area contributed by atoms with Crippen LogP contribution in [0.1, 0.15) is 11.1 Å². The lowest BCUT2D eigenvalue weighted by Crippen LogP contribution is -2.20. The third-order valence-corrected chi connectivity index (χ3v) is 2.14. The Bertz CT molecular complexity index is 464. The maximum Gasteiger partial charge on any atom is 0.573 e. The van der Waals surface area contributed by atoms with Crippen LogP contribution in [0.5, 0.6) is 5.75 Å². The van der Waals surface area contributed by atoms with Crippen molar-refractivity contribution in [3.05, 3.63) is 23.3 Å². The number of hydrogen-bond donors (Lipinski definition) is 1. The van der Waals surface area contributed by atoms with Crippen LogP contribution in [0.25, 0.3) is 0 Å². The lowest BCUT2D eigenvalue weighted by molar-refractivity contribution is -0.276. The monoisotopic (exact) mass is 287 g/mol. The van der Waals surface area contributed by atoms with Crippen molar-refractivity contribution in [1.82, 2.24) is 4.98 Å². The fourth-order valence-electron chi connectivity index (χ4n) is 1.22. The van der Waals surface area contributed by atoms with Gasteiger partial charge in [0.15, 0.2) is 5.75 Å². The summed E-state index contributed by atoms with van der Waals surface area (Å²) >= 11 is 5.39. The van der Waals surface area contributed by atoms with Crippen LogP contribution < -0.4 is 4.74 Å². The molecular weight excluding hydrogens is 282 g/mol. The summed E-state index contributed by atoms with van der Waals surface area (Å²) in [5.74, 6) is -4.55. The molecule has 0 aromatic carbocycles. The summed E-state index contributed by atoms with van der Waals surface area (Å²) in [6.45, 7) is 0. The van der Waals surface area contributed by atoms with E-state index in [1.165, 1.54) is 0 Å². The SMILES string of the molecule is O=C(O)Cc1cnc(F)c(OC(F)(F)F)c1CCl. The Morgan fingerprint density at radius 2 is 2.11 bits per heavy atom. The number of aliphatic carboxylic acids is 1. The van der Waals surface area contributed by atoms with Crippen LogP contribution in [0.3, 0.4) is 0 Å². The summed E-state index contributed by atoms with van der Waals surface area (Å²) in [6.07, 6.45) is -4.95. The van der Waals surface area contributed by atoms with Gasteiger partial charge in [0, 0.05) is 11.8 Å². The van der Waals surface area contributed by atoms with Gasteiger partial charge in [-0.1, -0.05) is 0 Å². The molecule has 0 bridgehead atoms. The number of rotatable bonds is 4. The minimum atomic E-state index is -5.12. The molecule has 1 N–H and O–H groups in total. The number of nitrogens with zero attached hydrogens (tertiary/aromatic N) is 1. The van der Waals surface area contributed by atoms with Crippen LogP contribution in [0, 0.1) is 5.95 Å². The van der Waals surface area contributed by atoms with Crippen molar-refractivity contribution in [1.29, 1.82) is 0 Å². The summed E-state index contributed by atoms with van der Waals surface area (Å²) in [6, 6.07) is 0. The normalized spacial score (nSPS) is 11.4. The fraction of sp³-hybridized carbons (Fsp3) is 0.333. The van der Waals surface area contributed by atoms with E-state index in [2.05, 4.69) is 9.72 Å². The fourth-order valence-corrected chi connectivity index (χ4v) is 1.52. The first-order valence-electron chi connectivity index (χ1n) is 4.44. The van der Waals surface area contributed by atoms with E-state index in [-0.39, 0.29) is 11.1 Å². The Hall–Kier alpha value is -1.57. The van der Waals surface area contributed by atoms with Crippen molar-refractivity contribution in [3.8, 4) is 5.75 Å². The van der Waals surface area contributed by atoms with Crippen molar-refractivity contribution < 1.29 is 32.2 Å². The van der Waals surface area contributed by atoms with Gasteiger partial charge in [-0.05, 0) is 5.56 Å². The molecule has 1 aromatic rings. The number of hydrogen-bond acceptors (Lipinski definition) is 3. The van der Waals surface area contributed by atoms with Crippen molar-refractivity contribution >= 4 is 17.6 Å². The van der Waals surface area contributed by atoms with Crippen molar-refractivity contribution in [2.75, 3.05) is 0 Å². The molecule has 0 aliphatic carbocycles. The van der Waals surface area contributed by atoms with Crippen LogP contribution in [-0.4, -0.2) is 22.4 Å². The summed E-state index contributed by atoms with van der Waals surface area (Å²) in [4.78, 5) is 13.5. The average molecular weight is 288 g/mol. The van der Waals surface area contributed by atoms with E-state index in [1.807, 2.05) is 0 Å². The number of carbonyl (C=O) groups is 1. The van der Waals surface area contributed by atoms with Gasteiger partial charge in [0.1, 0.15) is 0 Å². The second kappa shape index (κ2) is 5.38. The van der Waals surface area contributed by atoms with Gasteiger partial charge < -0.3 is 9.84 Å². The number of halogens is 5. The van der Waals surface area contributed by atoms with Gasteiger partial charge in [0.05, 0.1) is 12.3 Å². The van der Waals surface area contributed by atoms with E-state index in [0.29, 0.717) is 0 Å². The second-order valence-corrected chi connectivity index (χ2v) is 3.40. The minimum absolute atomic E-state index is 0.141. The Balaban J connectivity index is 3.25. The molecule has 0 amide bonds. The van der Waals surface area contributed by atoms with Gasteiger partial charge in [0.2, 0.25) is 0 Å². The van der Waals surface area contributed by atoms with Gasteiger partial charge in [-0.25, -0.2) is 4.98 Å². The highest BCUT2D eigenvalue weighted by atomic mass is 35.5. The summed E-state index contributed by atoms with van der Waals surface area (Å²) in [5, 5.41) is 8.55. The molecule has 0 aliphatic heterocycles. The number of alkyl halides is 4. The van der Waals surface area contributed by atoms with E-state index < -0.39 is 36.3 Å². The number of carboxylic acids is 1. The van der Waals surface area contributed by atoms with Gasteiger partial charge in [-0.3, -0.25) is 4.79 Å². The Morgan fingerprint density at radius 3 is 2.56 bits per heavy atom. The minimum Gasteiger partial charge on any atom is -0.481 e. The van der Waals surface area contributed by atoms with Crippen LogP contribution in [0.4, 0.5) is 17.6 Å². The topological polar surface area (TPSA) is 59.4 Å². The zero-order chi connectivity index (χ0) is 13.9. The first-order valence-corrected chi connectivity index (χ1v) is 4.97. The molecule has 0 saturated heterocycles. The molecule has 0 spiro atoms. The standard InChI is InChI=1S/C9H6ClF4NO3/c10-2-5-4(1-6(16)17)3-15-8(11)7(5)18-9(12,13)14/h3H,1-2H2,(H,16,17). The van der Waals surface area contributed by atoms with Crippen LogP contribution in [0.15, 0.2) is 6.20 Å². The lowest BCUT2D eigenvalue weighted by atomic mass is 10.1. The Labute approximate surface area is 103 Å². The smallest absolute Gasteiger partial charge is 0.481 e. The molecule has 0 radical (unpaired) electrons. The van der Waals surface area contributed by atoms with Gasteiger partial charge in [-0.15, -0.1) is 24.8 Å². The molecule has 1 aromatic heterocycles. The molecule has 0 unspecified atom stereocenters. The second-order valence-electron chi connectivity index (χ2n) is 3.13. The van der Waals surface area contributed by atoms with E-state index >= 15 is 0 Å². The van der Waals surface area contributed by atoms with Crippen LogP contribution in [0.2, 0.25) is 0 Å². The third kappa shape index (κ3) is 3.73. The summed E-state index contributed by atoms with van der Waals surface area (Å²) in [7, 11) is 0. The molecule has 0 saturated carbocycles. The highest BCUT2D eigenvalue weighted by Crippen LogP contribution is 2.31. The first kappa shape index (κ1) is 14.5. The number of carboxylic acid groups (broad SMARTS) is 1. The average Bonchev–Trinajstić information content (AvgIpc) is 2.20.